The summed E-state index contributed by atoms with van der Waals surface area (Å²) in [6.45, 7) is 0. The third kappa shape index (κ3) is 2.88. The van der Waals surface area contributed by atoms with E-state index in [-0.39, 0.29) is 28.2 Å². The van der Waals surface area contributed by atoms with Crippen LogP contribution in [0.15, 0.2) is 79.9 Å². The fraction of sp³-hybridized carbons (Fsp3) is 0.0952. The molecule has 4 rings (SSSR count). The molecule has 0 bridgehead atoms. The first-order valence-corrected chi connectivity index (χ1v) is 9.17. The highest BCUT2D eigenvalue weighted by atomic mass is 79.9. The average molecular weight is 437 g/mol. The van der Waals surface area contributed by atoms with Gasteiger partial charge in [0.2, 0.25) is 0 Å². The summed E-state index contributed by atoms with van der Waals surface area (Å²) in [5, 5.41) is 9.89. The highest BCUT2D eigenvalue weighted by Gasteiger charge is 2.44. The predicted molar refractivity (Wildman–Crippen MR) is 105 cm³/mol. The first-order chi connectivity index (χ1) is 13.5. The maximum absolute atomic E-state index is 13.2. The molecule has 28 heavy (non-hydrogen) atoms. The molecule has 138 valence electrons. The average Bonchev–Trinajstić information content (AvgIpc) is 3.04. The van der Waals surface area contributed by atoms with E-state index in [4.69, 9.17) is 14.9 Å². The maximum Gasteiger partial charge on any atom is 0.199 e. The number of carbonyl (C=O) groups excluding carboxylic acids is 1. The van der Waals surface area contributed by atoms with Crippen molar-refractivity contribution >= 4 is 32.7 Å². The van der Waals surface area contributed by atoms with Gasteiger partial charge in [0.1, 0.15) is 35.5 Å². The van der Waals surface area contributed by atoms with Crippen molar-refractivity contribution in [3.63, 3.8) is 0 Å². The summed E-state index contributed by atoms with van der Waals surface area (Å²) in [6, 6.07) is 15.4. The summed E-state index contributed by atoms with van der Waals surface area (Å²) in [5.41, 5.74) is 6.48. The Labute approximate surface area is 168 Å². The number of carbonyl (C=O) groups is 1. The zero-order chi connectivity index (χ0) is 19.8. The van der Waals surface area contributed by atoms with E-state index < -0.39 is 12.0 Å². The third-order valence-electron chi connectivity index (χ3n) is 4.68. The molecule has 0 saturated heterocycles. The minimum atomic E-state index is -1.04. The molecule has 1 aromatic heterocycles. The molecular formula is C21H13BrN2O4. The minimum Gasteiger partial charge on any atom is -0.469 e. The predicted octanol–water partition coefficient (Wildman–Crippen LogP) is 3.82. The summed E-state index contributed by atoms with van der Waals surface area (Å²) < 4.78 is 12.0. The summed E-state index contributed by atoms with van der Waals surface area (Å²) in [5.74, 6) is -1.55. The van der Waals surface area contributed by atoms with E-state index in [2.05, 4.69) is 15.9 Å². The molecule has 0 saturated carbocycles. The smallest absolute Gasteiger partial charge is 0.199 e. The SMILES string of the molecule is N#CC1=C(N)O[C@H](c2coc3ccccc3c2=O)[C@@H]1C(=O)c1ccc(Br)cc1. The number of nitrogens with two attached hydrogens (primary N) is 1. The lowest BCUT2D eigenvalue weighted by Crippen LogP contribution is -2.25. The molecule has 1 aliphatic heterocycles. The van der Waals surface area contributed by atoms with Crippen molar-refractivity contribution < 1.29 is 13.9 Å². The Morgan fingerprint density at radius 3 is 2.57 bits per heavy atom. The van der Waals surface area contributed by atoms with E-state index >= 15 is 0 Å². The number of hydrogen-bond donors (Lipinski definition) is 1. The lowest BCUT2D eigenvalue weighted by Gasteiger charge is -2.18. The zero-order valence-corrected chi connectivity index (χ0v) is 16.0. The Morgan fingerprint density at radius 1 is 1.14 bits per heavy atom. The van der Waals surface area contributed by atoms with Crippen LogP contribution >= 0.6 is 15.9 Å². The Hall–Kier alpha value is -3.37. The first-order valence-electron chi connectivity index (χ1n) is 8.38. The molecule has 0 amide bonds. The van der Waals surface area contributed by atoms with E-state index in [0.717, 1.165) is 4.47 Å². The quantitative estimate of drug-likeness (QED) is 0.625. The van der Waals surface area contributed by atoms with Crippen LogP contribution in [0.2, 0.25) is 0 Å². The molecule has 2 atom stereocenters. The van der Waals surface area contributed by atoms with Crippen molar-refractivity contribution in [2.45, 2.75) is 6.10 Å². The van der Waals surface area contributed by atoms with Crippen LogP contribution in [0, 0.1) is 17.2 Å². The summed E-state index contributed by atoms with van der Waals surface area (Å²) in [7, 11) is 0. The van der Waals surface area contributed by atoms with Crippen LogP contribution in [-0.4, -0.2) is 5.78 Å². The van der Waals surface area contributed by atoms with Gasteiger partial charge in [-0.05, 0) is 24.3 Å². The van der Waals surface area contributed by atoms with Crippen molar-refractivity contribution in [3.8, 4) is 6.07 Å². The molecule has 0 fully saturated rings. The first kappa shape index (κ1) is 18.0. The number of ketones is 1. The molecule has 2 heterocycles. The number of fused-ring (bicyclic) bond motifs is 1. The van der Waals surface area contributed by atoms with Gasteiger partial charge < -0.3 is 14.9 Å². The van der Waals surface area contributed by atoms with Gasteiger partial charge in [-0.25, -0.2) is 0 Å². The van der Waals surface area contributed by atoms with Crippen molar-refractivity contribution in [1.29, 1.82) is 5.26 Å². The van der Waals surface area contributed by atoms with Crippen LogP contribution in [0.25, 0.3) is 11.0 Å². The zero-order valence-electron chi connectivity index (χ0n) is 14.4. The summed E-state index contributed by atoms with van der Waals surface area (Å²) in [6.07, 6.45) is 0.233. The van der Waals surface area contributed by atoms with Gasteiger partial charge in [0, 0.05) is 10.0 Å². The van der Waals surface area contributed by atoms with E-state index in [1.54, 1.807) is 48.5 Å². The van der Waals surface area contributed by atoms with Gasteiger partial charge >= 0.3 is 0 Å². The molecule has 0 aliphatic carbocycles. The number of ether oxygens (including phenoxy) is 1. The number of hydrogen-bond acceptors (Lipinski definition) is 6. The monoisotopic (exact) mass is 436 g/mol. The number of nitriles is 1. The highest BCUT2D eigenvalue weighted by Crippen LogP contribution is 2.40. The number of rotatable bonds is 3. The normalized spacial score (nSPS) is 18.7. The number of benzene rings is 2. The van der Waals surface area contributed by atoms with Crippen molar-refractivity contribution in [1.82, 2.24) is 0 Å². The van der Waals surface area contributed by atoms with Crippen LogP contribution in [0.1, 0.15) is 22.0 Å². The topological polar surface area (TPSA) is 106 Å². The third-order valence-corrected chi connectivity index (χ3v) is 5.21. The Morgan fingerprint density at radius 2 is 1.86 bits per heavy atom. The van der Waals surface area contributed by atoms with Crippen LogP contribution in [0.4, 0.5) is 0 Å². The van der Waals surface area contributed by atoms with Crippen LogP contribution < -0.4 is 11.2 Å². The molecule has 2 aromatic carbocycles. The van der Waals surface area contributed by atoms with Gasteiger partial charge in [-0.1, -0.05) is 40.2 Å². The number of nitrogens with zero attached hydrogens (tertiary/aromatic N) is 1. The standard InChI is InChI=1S/C21H13BrN2O4/c22-12-7-5-11(6-8-12)18(25)17-14(9-23)21(24)28-20(17)15-10-27-16-4-2-1-3-13(16)19(15)26/h1-8,10,17,20H,24H2/t17-,20+/m0/s1. The minimum absolute atomic E-state index is 0.00507. The Kier molecular flexibility index (Phi) is 4.49. The van der Waals surface area contributed by atoms with Crippen LogP contribution in [-0.2, 0) is 4.74 Å². The second-order valence-electron chi connectivity index (χ2n) is 6.29. The molecule has 6 nitrogen and oxygen atoms in total. The fourth-order valence-corrected chi connectivity index (χ4v) is 3.56. The molecule has 0 unspecified atom stereocenters. The molecule has 2 N–H and O–H groups in total. The van der Waals surface area contributed by atoms with Gasteiger partial charge in [-0.2, -0.15) is 5.26 Å². The van der Waals surface area contributed by atoms with Gasteiger partial charge in [-0.15, -0.1) is 0 Å². The van der Waals surface area contributed by atoms with Crippen molar-refractivity contribution in [2.75, 3.05) is 0 Å². The van der Waals surface area contributed by atoms with Gasteiger partial charge in [0.25, 0.3) is 0 Å². The number of halogens is 1. The molecule has 0 radical (unpaired) electrons. The van der Waals surface area contributed by atoms with E-state index in [1.807, 2.05) is 6.07 Å². The van der Waals surface area contributed by atoms with Crippen LogP contribution in [0.5, 0.6) is 0 Å². The largest absolute Gasteiger partial charge is 0.469 e. The lowest BCUT2D eigenvalue weighted by molar-refractivity contribution is 0.0742. The van der Waals surface area contributed by atoms with E-state index in [0.29, 0.717) is 16.5 Å². The lowest BCUT2D eigenvalue weighted by atomic mass is 9.85. The highest BCUT2D eigenvalue weighted by molar-refractivity contribution is 9.10. The van der Waals surface area contributed by atoms with Gasteiger partial charge in [0.05, 0.1) is 10.9 Å². The number of para-hydroxylation sites is 1. The second-order valence-corrected chi connectivity index (χ2v) is 7.21. The molecule has 0 spiro atoms. The Balaban J connectivity index is 1.84. The molecular weight excluding hydrogens is 424 g/mol. The Bertz CT molecular complexity index is 1220. The molecule has 1 aliphatic rings. The molecule has 7 heteroatoms. The fourth-order valence-electron chi connectivity index (χ4n) is 3.29. The van der Waals surface area contributed by atoms with E-state index in [9.17, 15) is 14.9 Å². The summed E-state index contributed by atoms with van der Waals surface area (Å²) >= 11 is 3.32. The maximum atomic E-state index is 13.2. The van der Waals surface area contributed by atoms with Gasteiger partial charge in [0.15, 0.2) is 17.1 Å². The molecule has 3 aromatic rings. The van der Waals surface area contributed by atoms with E-state index in [1.165, 1.54) is 6.26 Å². The number of Topliss-reactive ketones (excluding diaryl/α,β-unsaturated/α-hetero) is 1. The van der Waals surface area contributed by atoms with Crippen molar-refractivity contribution in [2.24, 2.45) is 11.7 Å². The van der Waals surface area contributed by atoms with Crippen molar-refractivity contribution in [3.05, 3.63) is 92.1 Å². The van der Waals surface area contributed by atoms with Gasteiger partial charge in [-0.3, -0.25) is 9.59 Å². The van der Waals surface area contributed by atoms with Crippen LogP contribution in [0.3, 0.4) is 0 Å². The second kappa shape index (κ2) is 6.98. The summed E-state index contributed by atoms with van der Waals surface area (Å²) in [4.78, 5) is 26.1.